The van der Waals surface area contributed by atoms with Crippen molar-refractivity contribution in [3.63, 3.8) is 0 Å². The molecular formula is C23H28N2O2. The summed E-state index contributed by atoms with van der Waals surface area (Å²) in [7, 11) is 1.65. The highest BCUT2D eigenvalue weighted by atomic mass is 16.5. The van der Waals surface area contributed by atoms with E-state index in [1.165, 1.54) is 5.69 Å². The van der Waals surface area contributed by atoms with Crippen LogP contribution in [0.15, 0.2) is 48.5 Å². The van der Waals surface area contributed by atoms with E-state index in [1.54, 1.807) is 7.11 Å². The van der Waals surface area contributed by atoms with Crippen LogP contribution in [-0.4, -0.2) is 18.0 Å². The number of aromatic nitrogens is 1. The number of rotatable bonds is 4. The number of hydrogen-bond donors (Lipinski definition) is 2. The molecule has 1 heterocycles. The van der Waals surface area contributed by atoms with Gasteiger partial charge in [0.05, 0.1) is 12.5 Å². The maximum atomic E-state index is 13.1. The Kier molecular flexibility index (Phi) is 4.02. The first-order valence-electron chi connectivity index (χ1n) is 9.42. The van der Waals surface area contributed by atoms with Gasteiger partial charge in [0.15, 0.2) is 0 Å². The van der Waals surface area contributed by atoms with E-state index in [0.29, 0.717) is 0 Å². The largest absolute Gasteiger partial charge is 0.496 e. The Morgan fingerprint density at radius 3 is 2.56 bits per heavy atom. The minimum Gasteiger partial charge on any atom is -0.496 e. The van der Waals surface area contributed by atoms with Gasteiger partial charge < -0.3 is 15.0 Å². The molecule has 142 valence electrons. The molecule has 0 atom stereocenters. The number of methoxy groups -OCH3 is 1. The Bertz CT molecular complexity index is 1010. The molecule has 1 aromatic heterocycles. The summed E-state index contributed by atoms with van der Waals surface area (Å²) in [5, 5.41) is 4.24. The van der Waals surface area contributed by atoms with E-state index in [2.05, 4.69) is 37.1 Å². The fourth-order valence-corrected chi connectivity index (χ4v) is 3.65. The molecule has 0 bridgehead atoms. The van der Waals surface area contributed by atoms with Gasteiger partial charge in [0.25, 0.3) is 0 Å². The van der Waals surface area contributed by atoms with Gasteiger partial charge in [-0.05, 0) is 43.2 Å². The number of aromatic amines is 1. The van der Waals surface area contributed by atoms with E-state index >= 15 is 0 Å². The van der Waals surface area contributed by atoms with E-state index in [0.717, 1.165) is 40.7 Å². The predicted molar refractivity (Wildman–Crippen MR) is 112 cm³/mol. The van der Waals surface area contributed by atoms with Crippen molar-refractivity contribution in [3.05, 3.63) is 59.8 Å². The summed E-state index contributed by atoms with van der Waals surface area (Å²) in [6.45, 7) is 6.56. The van der Waals surface area contributed by atoms with Crippen molar-refractivity contribution in [1.82, 2.24) is 4.98 Å². The molecule has 1 aliphatic rings. The lowest BCUT2D eigenvalue weighted by atomic mass is 9.92. The topological polar surface area (TPSA) is 54.1 Å². The van der Waals surface area contributed by atoms with Gasteiger partial charge in [-0.1, -0.05) is 39.0 Å². The maximum absolute atomic E-state index is 13.1. The molecule has 0 radical (unpaired) electrons. The fourth-order valence-electron chi connectivity index (χ4n) is 3.65. The summed E-state index contributed by atoms with van der Waals surface area (Å²) in [6.07, 6.45) is 1.69. The van der Waals surface area contributed by atoms with Gasteiger partial charge >= 0.3 is 0 Å². The number of H-pyrrole nitrogens is 1. The molecule has 0 unspecified atom stereocenters. The van der Waals surface area contributed by atoms with Gasteiger partial charge in [-0.25, -0.2) is 0 Å². The summed E-state index contributed by atoms with van der Waals surface area (Å²) in [6, 6.07) is 16.0. The van der Waals surface area contributed by atoms with Gasteiger partial charge in [-0.2, -0.15) is 0 Å². The van der Waals surface area contributed by atoms with Crippen LogP contribution in [0.4, 0.5) is 5.69 Å². The second kappa shape index (κ2) is 6.15. The first kappa shape index (κ1) is 17.7. The summed E-state index contributed by atoms with van der Waals surface area (Å²) in [5.74, 6) is 0.819. The van der Waals surface area contributed by atoms with E-state index in [1.807, 2.05) is 42.5 Å². The summed E-state index contributed by atoms with van der Waals surface area (Å²) < 4.78 is 5.48. The molecule has 1 aliphatic carbocycles. The lowest BCUT2D eigenvalue weighted by molar-refractivity contribution is -0.118. The van der Waals surface area contributed by atoms with Crippen LogP contribution in [0.25, 0.3) is 10.9 Å². The Labute approximate surface area is 161 Å². The number of fused-ring (bicyclic) bond motifs is 1. The Hall–Kier alpha value is -2.75. The van der Waals surface area contributed by atoms with Crippen LogP contribution in [0.5, 0.6) is 5.75 Å². The third kappa shape index (κ3) is 3.09. The molecule has 0 aliphatic heterocycles. The maximum Gasteiger partial charge on any atom is 0.235 e. The molecule has 0 spiro atoms. The molecule has 2 aromatic carbocycles. The number of hydrogen-bond acceptors (Lipinski definition) is 2. The van der Waals surface area contributed by atoms with Gasteiger partial charge in [-0.15, -0.1) is 0 Å². The number of ether oxygens (including phenoxy) is 1. The molecule has 1 saturated carbocycles. The highest BCUT2D eigenvalue weighted by molar-refractivity contribution is 6.03. The number of anilines is 1. The monoisotopic (exact) mass is 364 g/mol. The van der Waals surface area contributed by atoms with E-state index < -0.39 is 5.41 Å². The highest BCUT2D eigenvalue weighted by Gasteiger charge is 2.52. The second-order valence-corrected chi connectivity index (χ2v) is 8.47. The van der Waals surface area contributed by atoms with Crippen LogP contribution >= 0.6 is 0 Å². The first-order chi connectivity index (χ1) is 12.8. The lowest BCUT2D eigenvalue weighted by Crippen LogP contribution is -2.28. The zero-order valence-electron chi connectivity index (χ0n) is 16.3. The van der Waals surface area contributed by atoms with Crippen LogP contribution in [-0.2, 0) is 15.6 Å². The number of benzene rings is 2. The van der Waals surface area contributed by atoms with Gasteiger partial charge in [0.2, 0.25) is 5.91 Å². The van der Waals surface area contributed by atoms with Crippen molar-refractivity contribution in [2.75, 3.05) is 12.4 Å². The van der Waals surface area contributed by atoms with Crippen LogP contribution in [0.1, 0.15) is 46.3 Å². The lowest BCUT2D eigenvalue weighted by Gasteiger charge is -2.18. The van der Waals surface area contributed by atoms with E-state index in [-0.39, 0.29) is 12.7 Å². The Morgan fingerprint density at radius 2 is 1.89 bits per heavy atom. The average molecular weight is 364 g/mol. The molecule has 4 heteroatoms. The SMILES string of the molecule is COc1ccccc1C1(C(=O)Nc2ccc3[nH]c(C(C)(C)C)cc3c2)CC1.[HH]. The summed E-state index contributed by atoms with van der Waals surface area (Å²) >= 11 is 0. The third-order valence-corrected chi connectivity index (χ3v) is 5.49. The van der Waals surface area contributed by atoms with Crippen LogP contribution in [0.3, 0.4) is 0 Å². The number of nitrogens with one attached hydrogen (secondary N) is 2. The van der Waals surface area contributed by atoms with Crippen LogP contribution in [0.2, 0.25) is 0 Å². The van der Waals surface area contributed by atoms with Crippen molar-refractivity contribution in [2.24, 2.45) is 0 Å². The minimum atomic E-state index is -0.476. The molecule has 4 rings (SSSR count). The molecule has 1 amide bonds. The standard InChI is InChI=1S/C23H26N2O2.H2/c1-22(2,3)20-14-15-13-16(9-10-18(15)25-20)24-21(26)23(11-12-23)17-7-5-6-8-19(17)27-4;/h5-10,13-14,25H,11-12H2,1-4H3,(H,24,26);1H. The molecular weight excluding hydrogens is 336 g/mol. The van der Waals surface area contributed by atoms with Gasteiger partial charge in [-0.3, -0.25) is 4.79 Å². The van der Waals surface area contributed by atoms with Crippen LogP contribution < -0.4 is 10.1 Å². The van der Waals surface area contributed by atoms with Gasteiger partial charge in [0, 0.05) is 34.7 Å². The van der Waals surface area contributed by atoms with Crippen molar-refractivity contribution in [3.8, 4) is 5.75 Å². The third-order valence-electron chi connectivity index (χ3n) is 5.49. The van der Waals surface area contributed by atoms with Gasteiger partial charge in [0.1, 0.15) is 5.75 Å². The molecule has 2 N–H and O–H groups in total. The molecule has 0 saturated heterocycles. The van der Waals surface area contributed by atoms with Crippen molar-refractivity contribution >= 4 is 22.5 Å². The molecule has 1 fully saturated rings. The fraction of sp³-hybridized carbons (Fsp3) is 0.348. The quantitative estimate of drug-likeness (QED) is 0.652. The Balaban J connectivity index is 0.00000225. The number of para-hydroxylation sites is 1. The second-order valence-electron chi connectivity index (χ2n) is 8.47. The Morgan fingerprint density at radius 1 is 1.15 bits per heavy atom. The average Bonchev–Trinajstić information content (AvgIpc) is 3.33. The van der Waals surface area contributed by atoms with Crippen LogP contribution in [0, 0.1) is 0 Å². The highest BCUT2D eigenvalue weighted by Crippen LogP contribution is 2.52. The number of amides is 1. The zero-order chi connectivity index (χ0) is 19.2. The van der Waals surface area contributed by atoms with Crippen molar-refractivity contribution in [1.29, 1.82) is 0 Å². The van der Waals surface area contributed by atoms with Crippen molar-refractivity contribution < 1.29 is 11.0 Å². The van der Waals surface area contributed by atoms with E-state index in [4.69, 9.17) is 4.74 Å². The smallest absolute Gasteiger partial charge is 0.235 e. The first-order valence-corrected chi connectivity index (χ1v) is 9.42. The summed E-state index contributed by atoms with van der Waals surface area (Å²) in [4.78, 5) is 16.6. The molecule has 27 heavy (non-hydrogen) atoms. The molecule has 3 aromatic rings. The number of carbonyl (C=O) groups excluding carboxylic acids is 1. The summed E-state index contributed by atoms with van der Waals surface area (Å²) in [5.41, 5.74) is 3.66. The van der Waals surface area contributed by atoms with E-state index in [9.17, 15) is 4.79 Å². The normalized spacial score (nSPS) is 15.6. The number of carbonyl (C=O) groups is 1. The predicted octanol–water partition coefficient (Wildman–Crippen LogP) is 5.39. The van der Waals surface area contributed by atoms with Crippen molar-refractivity contribution in [2.45, 2.75) is 44.4 Å². The minimum absolute atomic E-state index is 0. The molecule has 4 nitrogen and oxygen atoms in total. The zero-order valence-corrected chi connectivity index (χ0v) is 16.3.